The minimum Gasteiger partial charge on any atom is -0.273 e. The zero-order valence-corrected chi connectivity index (χ0v) is 5.80. The molecule has 0 radical (unpaired) electrons. The van der Waals surface area contributed by atoms with Gasteiger partial charge in [0.1, 0.15) is 7.11 Å². The summed E-state index contributed by atoms with van der Waals surface area (Å²) in [6.07, 6.45) is 1.74. The molecule has 1 aromatic heterocycles. The number of halogens is 1. The van der Waals surface area contributed by atoms with Crippen molar-refractivity contribution < 1.29 is 9.57 Å². The van der Waals surface area contributed by atoms with Gasteiger partial charge in [-0.15, -0.1) is 0 Å². The van der Waals surface area contributed by atoms with E-state index >= 15 is 0 Å². The molecule has 0 aliphatic heterocycles. The highest BCUT2D eigenvalue weighted by Crippen LogP contribution is 1.96. The van der Waals surface area contributed by atoms with Crippen LogP contribution < -0.4 is 9.57 Å². The van der Waals surface area contributed by atoms with Crippen LogP contribution >= 0.6 is 11.6 Å². The lowest BCUT2D eigenvalue weighted by molar-refractivity contribution is -0.883. The first kappa shape index (κ1) is 6.36. The fourth-order valence-electron chi connectivity index (χ4n) is 0.556. The van der Waals surface area contributed by atoms with Crippen molar-refractivity contribution in [1.82, 2.24) is 0 Å². The number of nitrogens with zero attached hydrogens (tertiary/aromatic N) is 1. The zero-order valence-electron chi connectivity index (χ0n) is 5.04. The van der Waals surface area contributed by atoms with Gasteiger partial charge in [0.2, 0.25) is 6.20 Å². The first-order valence-electron chi connectivity index (χ1n) is 2.55. The van der Waals surface area contributed by atoms with E-state index in [9.17, 15) is 0 Å². The minimum atomic E-state index is 0.569. The predicted octanol–water partition coefficient (Wildman–Crippen LogP) is 0.686. The van der Waals surface area contributed by atoms with E-state index in [1.54, 1.807) is 19.4 Å². The van der Waals surface area contributed by atoms with Crippen molar-refractivity contribution >= 4 is 11.6 Å². The van der Waals surface area contributed by atoms with Gasteiger partial charge < -0.3 is 0 Å². The summed E-state index contributed by atoms with van der Waals surface area (Å²) in [5.41, 5.74) is 0. The van der Waals surface area contributed by atoms with Crippen LogP contribution in [0, 0.1) is 0 Å². The maximum Gasteiger partial charge on any atom is 0.325 e. The van der Waals surface area contributed by atoms with Crippen LogP contribution in [0.15, 0.2) is 24.4 Å². The second kappa shape index (κ2) is 2.69. The first-order chi connectivity index (χ1) is 4.34. The smallest absolute Gasteiger partial charge is 0.273 e. The molecule has 0 aliphatic rings. The van der Waals surface area contributed by atoms with Gasteiger partial charge in [-0.05, 0) is 17.7 Å². The van der Waals surface area contributed by atoms with Crippen molar-refractivity contribution in [3.05, 3.63) is 29.5 Å². The van der Waals surface area contributed by atoms with Crippen LogP contribution in [0.4, 0.5) is 0 Å². The molecule has 0 unspecified atom stereocenters. The molecule has 0 amide bonds. The Morgan fingerprint density at radius 3 is 2.78 bits per heavy atom. The average molecular weight is 145 g/mol. The summed E-state index contributed by atoms with van der Waals surface area (Å²) in [7, 11) is 1.56. The minimum absolute atomic E-state index is 0.569. The molecular formula is C6H7ClNO+. The molecule has 0 bridgehead atoms. The van der Waals surface area contributed by atoms with Gasteiger partial charge in [0, 0.05) is 16.9 Å². The fraction of sp³-hybridized carbons (Fsp3) is 0.167. The highest BCUT2D eigenvalue weighted by molar-refractivity contribution is 6.28. The average Bonchev–Trinajstić information content (AvgIpc) is 1.89. The van der Waals surface area contributed by atoms with Gasteiger partial charge in [0.15, 0.2) is 0 Å². The Morgan fingerprint density at radius 2 is 2.33 bits per heavy atom. The molecule has 0 atom stereocenters. The van der Waals surface area contributed by atoms with Gasteiger partial charge in [-0.3, -0.25) is 4.84 Å². The number of aromatic nitrogens is 1. The second-order valence-corrected chi connectivity index (χ2v) is 1.92. The number of hydrogen-bond donors (Lipinski definition) is 0. The van der Waals surface area contributed by atoms with Gasteiger partial charge in [0.25, 0.3) is 0 Å². The molecule has 0 N–H and O–H groups in total. The third-order valence-electron chi connectivity index (χ3n) is 0.974. The Kier molecular flexibility index (Phi) is 1.90. The molecule has 0 aromatic carbocycles. The third-order valence-corrected chi connectivity index (χ3v) is 1.27. The van der Waals surface area contributed by atoms with E-state index in [-0.39, 0.29) is 0 Å². The van der Waals surface area contributed by atoms with E-state index in [4.69, 9.17) is 16.4 Å². The van der Waals surface area contributed by atoms with Gasteiger partial charge in [0.05, 0.1) is 0 Å². The van der Waals surface area contributed by atoms with Gasteiger partial charge in [-0.1, -0.05) is 0 Å². The Morgan fingerprint density at radius 1 is 1.56 bits per heavy atom. The molecule has 2 nitrogen and oxygen atoms in total. The quantitative estimate of drug-likeness (QED) is 0.418. The van der Waals surface area contributed by atoms with Crippen LogP contribution in [0.25, 0.3) is 0 Å². The number of pyridine rings is 1. The van der Waals surface area contributed by atoms with Crippen molar-refractivity contribution in [2.45, 2.75) is 0 Å². The highest BCUT2D eigenvalue weighted by Gasteiger charge is 2.03. The molecule has 0 saturated carbocycles. The van der Waals surface area contributed by atoms with Gasteiger partial charge in [-0.2, -0.15) is 0 Å². The summed E-state index contributed by atoms with van der Waals surface area (Å²) in [6.45, 7) is 0. The molecule has 0 saturated heterocycles. The summed E-state index contributed by atoms with van der Waals surface area (Å²) in [5.74, 6) is 0. The van der Waals surface area contributed by atoms with Gasteiger partial charge in [-0.25, -0.2) is 0 Å². The summed E-state index contributed by atoms with van der Waals surface area (Å²) in [5, 5.41) is 0.569. The van der Waals surface area contributed by atoms with E-state index in [0.717, 1.165) is 0 Å². The van der Waals surface area contributed by atoms with Crippen molar-refractivity contribution in [1.29, 1.82) is 0 Å². The lowest BCUT2D eigenvalue weighted by Gasteiger charge is -1.89. The molecule has 0 spiro atoms. The maximum atomic E-state index is 5.66. The van der Waals surface area contributed by atoms with Crippen LogP contribution in [0.5, 0.6) is 0 Å². The van der Waals surface area contributed by atoms with Crippen molar-refractivity contribution in [2.24, 2.45) is 0 Å². The van der Waals surface area contributed by atoms with Crippen molar-refractivity contribution in [2.75, 3.05) is 7.11 Å². The fourth-order valence-corrected chi connectivity index (χ4v) is 0.754. The second-order valence-electron chi connectivity index (χ2n) is 1.53. The molecule has 1 aromatic rings. The van der Waals surface area contributed by atoms with E-state index < -0.39 is 0 Å². The molecule has 9 heavy (non-hydrogen) atoms. The van der Waals surface area contributed by atoms with Crippen LogP contribution in [-0.2, 0) is 0 Å². The molecule has 1 heterocycles. The Bertz CT molecular complexity index is 202. The molecule has 1 rings (SSSR count). The monoisotopic (exact) mass is 144 g/mol. The van der Waals surface area contributed by atoms with Gasteiger partial charge >= 0.3 is 5.15 Å². The van der Waals surface area contributed by atoms with E-state index in [1.807, 2.05) is 12.1 Å². The van der Waals surface area contributed by atoms with Crippen LogP contribution in [-0.4, -0.2) is 7.11 Å². The summed E-state index contributed by atoms with van der Waals surface area (Å²) in [6, 6.07) is 5.44. The lowest BCUT2D eigenvalue weighted by atomic mass is 10.5. The lowest BCUT2D eigenvalue weighted by Crippen LogP contribution is -2.40. The highest BCUT2D eigenvalue weighted by atomic mass is 35.5. The summed E-state index contributed by atoms with van der Waals surface area (Å²) < 4.78 is 1.47. The number of hydrogen-bond acceptors (Lipinski definition) is 1. The first-order valence-corrected chi connectivity index (χ1v) is 2.93. The zero-order chi connectivity index (χ0) is 6.69. The van der Waals surface area contributed by atoms with Crippen LogP contribution in [0.2, 0.25) is 5.15 Å². The maximum absolute atomic E-state index is 5.66. The molecular weight excluding hydrogens is 138 g/mol. The standard InChI is InChI=1S/C6H7ClNO/c1-9-8-5-3-2-4-6(8)7/h2-5H,1H3/q+1. The van der Waals surface area contributed by atoms with E-state index in [2.05, 4.69) is 0 Å². The molecule has 0 aliphatic carbocycles. The Balaban J connectivity index is 3.01. The Labute approximate surface area is 58.6 Å². The van der Waals surface area contributed by atoms with E-state index in [0.29, 0.717) is 5.15 Å². The largest absolute Gasteiger partial charge is 0.325 e. The molecule has 0 fully saturated rings. The van der Waals surface area contributed by atoms with Crippen molar-refractivity contribution in [3.63, 3.8) is 0 Å². The van der Waals surface area contributed by atoms with Crippen molar-refractivity contribution in [3.8, 4) is 0 Å². The SMILES string of the molecule is CO[n+]1ccccc1Cl. The molecule has 3 heteroatoms. The van der Waals surface area contributed by atoms with E-state index in [1.165, 1.54) is 4.73 Å². The summed E-state index contributed by atoms with van der Waals surface area (Å²) in [4.78, 5) is 4.83. The predicted molar refractivity (Wildman–Crippen MR) is 34.2 cm³/mol. The normalized spacial score (nSPS) is 9.11. The Hall–Kier alpha value is -0.760. The topological polar surface area (TPSA) is 13.1 Å². The summed E-state index contributed by atoms with van der Waals surface area (Å²) >= 11 is 5.66. The third kappa shape index (κ3) is 1.33. The number of rotatable bonds is 1. The molecule has 48 valence electrons. The van der Waals surface area contributed by atoms with Crippen LogP contribution in [0.1, 0.15) is 0 Å². The van der Waals surface area contributed by atoms with Crippen LogP contribution in [0.3, 0.4) is 0 Å².